The van der Waals surface area contributed by atoms with Gasteiger partial charge >= 0.3 is 0 Å². The van der Waals surface area contributed by atoms with Crippen LogP contribution in [-0.2, 0) is 12.8 Å². The summed E-state index contributed by atoms with van der Waals surface area (Å²) in [6.45, 7) is 11.5. The maximum Gasteiger partial charge on any atom is 0.178 e. The van der Waals surface area contributed by atoms with Gasteiger partial charge in [0.25, 0.3) is 0 Å². The number of halogens is 3. The minimum atomic E-state index is -0.462. The zero-order chi connectivity index (χ0) is 29.2. The van der Waals surface area contributed by atoms with Crippen LogP contribution in [-0.4, -0.2) is 27.6 Å². The van der Waals surface area contributed by atoms with Crippen LogP contribution in [0.4, 0.5) is 0 Å². The molecule has 0 aliphatic carbocycles. The molecule has 3 aromatic carbocycles. The van der Waals surface area contributed by atoms with Crippen molar-refractivity contribution in [2.45, 2.75) is 70.6 Å². The molecule has 0 atom stereocenters. The normalized spacial score (nSPS) is 12.5. The number of ketones is 3. The average molecular weight is 860 g/mol. The highest BCUT2D eigenvalue weighted by Crippen LogP contribution is 2.30. The van der Waals surface area contributed by atoms with Gasteiger partial charge in [0.2, 0.25) is 0 Å². The van der Waals surface area contributed by atoms with E-state index in [0.29, 0.717) is 5.56 Å². The van der Waals surface area contributed by atoms with Gasteiger partial charge in [-0.3, -0.25) is 14.4 Å². The van der Waals surface area contributed by atoms with Crippen molar-refractivity contribution in [2.24, 2.45) is 0 Å². The first-order chi connectivity index (χ1) is 18.0. The lowest BCUT2D eigenvalue weighted by Gasteiger charge is -2.20. The van der Waals surface area contributed by atoms with E-state index in [1.165, 1.54) is 0 Å². The minimum Gasteiger partial charge on any atom is -0.293 e. The number of rotatable bonds is 11. The predicted octanol–water partition coefficient (Wildman–Crippen LogP) is 9.44. The molecule has 0 aliphatic rings. The molecular formula is C33H35I3O3. The van der Waals surface area contributed by atoms with Gasteiger partial charge in [-0.15, -0.1) is 0 Å². The Balaban J connectivity index is 1.90. The van der Waals surface area contributed by atoms with Crippen molar-refractivity contribution in [1.82, 2.24) is 0 Å². The molecule has 0 fully saturated rings. The maximum atomic E-state index is 12.8. The molecule has 0 amide bonds. The summed E-state index contributed by atoms with van der Waals surface area (Å²) in [5.41, 5.74) is 5.60. The highest BCUT2D eigenvalue weighted by Gasteiger charge is 2.27. The maximum absolute atomic E-state index is 12.8. The van der Waals surface area contributed by atoms with E-state index in [1.54, 1.807) is 0 Å². The number of carbonyl (C=O) groups is 3. The van der Waals surface area contributed by atoms with Crippen LogP contribution in [0.3, 0.4) is 0 Å². The summed E-state index contributed by atoms with van der Waals surface area (Å²) < 4.78 is -1.36. The molecule has 6 heteroatoms. The molecule has 39 heavy (non-hydrogen) atoms. The molecule has 3 nitrogen and oxygen atoms in total. The van der Waals surface area contributed by atoms with Gasteiger partial charge in [-0.1, -0.05) is 141 Å². The molecule has 3 aromatic rings. The quantitative estimate of drug-likeness (QED) is 0.110. The molecule has 0 bridgehead atoms. The molecule has 0 aliphatic heterocycles. The second-order valence-electron chi connectivity index (χ2n) is 11.5. The van der Waals surface area contributed by atoms with Crippen LogP contribution in [0.15, 0.2) is 72.8 Å². The Morgan fingerprint density at radius 1 is 0.513 bits per heavy atom. The fourth-order valence-corrected chi connectivity index (χ4v) is 5.33. The second kappa shape index (κ2) is 12.8. The first kappa shape index (κ1) is 32.4. The van der Waals surface area contributed by atoms with Crippen LogP contribution >= 0.6 is 67.8 Å². The lowest BCUT2D eigenvalue weighted by atomic mass is 9.85. The predicted molar refractivity (Wildman–Crippen MR) is 187 cm³/mol. The third-order valence-corrected chi connectivity index (χ3v) is 8.13. The van der Waals surface area contributed by atoms with Gasteiger partial charge in [-0.05, 0) is 77.0 Å². The zero-order valence-corrected chi connectivity index (χ0v) is 29.8. The summed E-state index contributed by atoms with van der Waals surface area (Å²) in [5.74, 6) is 0.512. The van der Waals surface area contributed by atoms with Crippen LogP contribution < -0.4 is 0 Å². The van der Waals surface area contributed by atoms with Crippen molar-refractivity contribution in [2.75, 3.05) is 0 Å². The van der Waals surface area contributed by atoms with E-state index in [2.05, 4.69) is 79.9 Å². The van der Waals surface area contributed by atoms with Crippen LogP contribution in [0.5, 0.6) is 0 Å². The monoisotopic (exact) mass is 860 g/mol. The summed E-state index contributed by atoms with van der Waals surface area (Å²) in [6, 6.07) is 23.9. The van der Waals surface area contributed by atoms with E-state index >= 15 is 0 Å². The molecule has 0 spiro atoms. The Hall–Kier alpha value is -1.14. The largest absolute Gasteiger partial charge is 0.293 e. The first-order valence-corrected chi connectivity index (χ1v) is 16.2. The Labute approximate surface area is 273 Å². The van der Waals surface area contributed by atoms with Gasteiger partial charge in [0, 0.05) is 16.7 Å². The highest BCUT2D eigenvalue weighted by atomic mass is 127. The smallest absolute Gasteiger partial charge is 0.178 e. The van der Waals surface area contributed by atoms with E-state index < -0.39 is 10.3 Å². The number of benzene rings is 3. The fraction of sp³-hybridized carbons (Fsp3) is 0.364. The average Bonchev–Trinajstić information content (AvgIpc) is 2.86. The van der Waals surface area contributed by atoms with Crippen molar-refractivity contribution in [3.8, 4) is 0 Å². The minimum absolute atomic E-state index is 0.114. The molecule has 3 rings (SSSR count). The van der Waals surface area contributed by atoms with Gasteiger partial charge in [-0.25, -0.2) is 0 Å². The topological polar surface area (TPSA) is 51.2 Å². The summed E-state index contributed by atoms with van der Waals surface area (Å²) in [5, 5.41) is 0. The summed E-state index contributed by atoms with van der Waals surface area (Å²) >= 11 is 6.55. The standard InChI is InChI=1S/C33H35I3O3/c1-31(2,34)28(37)24-11-7-21(8-12-24)19-27(23-15-17-26(18-16-23)30(39)33(5,6)36)20-22-9-13-25(14-10-22)29(38)32(3,4)35/h7-18,27H,19-20H2,1-6H3. The third-order valence-electron chi connectivity index (χ3n) is 6.66. The molecule has 0 radical (unpaired) electrons. The number of Topliss-reactive ketones (excluding diaryl/α,β-unsaturated/α-hetero) is 3. The van der Waals surface area contributed by atoms with Crippen LogP contribution in [0.2, 0.25) is 0 Å². The van der Waals surface area contributed by atoms with Gasteiger partial charge in [0.05, 0.1) is 10.3 Å². The van der Waals surface area contributed by atoms with Crippen LogP contribution in [0.1, 0.15) is 95.2 Å². The van der Waals surface area contributed by atoms with Gasteiger partial charge in [-0.2, -0.15) is 0 Å². The lowest BCUT2D eigenvalue weighted by molar-refractivity contribution is 0.0958. The van der Waals surface area contributed by atoms with Crippen LogP contribution in [0, 0.1) is 0 Å². The zero-order valence-electron chi connectivity index (χ0n) is 23.3. The lowest BCUT2D eigenvalue weighted by Crippen LogP contribution is -2.24. The molecule has 0 N–H and O–H groups in total. The Bertz CT molecular complexity index is 1250. The van der Waals surface area contributed by atoms with Crippen molar-refractivity contribution < 1.29 is 14.4 Å². The van der Waals surface area contributed by atoms with Crippen molar-refractivity contribution >= 4 is 85.1 Å². The number of hydrogen-bond donors (Lipinski definition) is 0. The second-order valence-corrected chi connectivity index (χ2v) is 19.6. The number of hydrogen-bond acceptors (Lipinski definition) is 3. The number of carbonyl (C=O) groups excluding carboxylic acids is 3. The Morgan fingerprint density at radius 2 is 0.769 bits per heavy atom. The third kappa shape index (κ3) is 8.92. The van der Waals surface area contributed by atoms with E-state index in [-0.39, 0.29) is 23.3 Å². The van der Waals surface area contributed by atoms with Gasteiger partial charge in [0.15, 0.2) is 17.3 Å². The van der Waals surface area contributed by atoms with Crippen molar-refractivity contribution in [3.63, 3.8) is 0 Å². The molecule has 0 saturated heterocycles. The SMILES string of the molecule is CC(C)(I)C(=O)c1ccc(CC(Cc2ccc(C(=O)C(C)(C)I)cc2)c2ccc(C(=O)C(C)(C)I)cc2)cc1. The fourth-order valence-electron chi connectivity index (χ4n) is 4.40. The molecule has 0 unspecified atom stereocenters. The Kier molecular flexibility index (Phi) is 10.6. The molecule has 0 saturated carbocycles. The molecule has 0 aromatic heterocycles. The van der Waals surface area contributed by atoms with E-state index in [4.69, 9.17) is 0 Å². The molecular weight excluding hydrogens is 825 g/mol. The van der Waals surface area contributed by atoms with E-state index in [0.717, 1.165) is 40.7 Å². The van der Waals surface area contributed by atoms with Gasteiger partial charge in [0.1, 0.15) is 0 Å². The van der Waals surface area contributed by atoms with Gasteiger partial charge < -0.3 is 0 Å². The number of alkyl halides is 3. The van der Waals surface area contributed by atoms with Crippen molar-refractivity contribution in [1.29, 1.82) is 0 Å². The Morgan fingerprint density at radius 3 is 1.03 bits per heavy atom. The van der Waals surface area contributed by atoms with E-state index in [9.17, 15) is 14.4 Å². The summed E-state index contributed by atoms with van der Waals surface area (Å²) in [6.07, 6.45) is 1.57. The first-order valence-electron chi connectivity index (χ1n) is 13.0. The highest BCUT2D eigenvalue weighted by molar-refractivity contribution is 14.1. The molecule has 206 valence electrons. The van der Waals surface area contributed by atoms with Crippen molar-refractivity contribution in [3.05, 3.63) is 106 Å². The summed E-state index contributed by atoms with van der Waals surface area (Å²) in [4.78, 5) is 38.2. The summed E-state index contributed by atoms with van der Waals surface area (Å²) in [7, 11) is 0. The van der Waals surface area contributed by atoms with Crippen LogP contribution in [0.25, 0.3) is 0 Å². The van der Waals surface area contributed by atoms with E-state index in [1.807, 2.05) is 102 Å². The molecule has 0 heterocycles.